The van der Waals surface area contributed by atoms with Crippen LogP contribution in [0.5, 0.6) is 5.75 Å². The van der Waals surface area contributed by atoms with E-state index in [4.69, 9.17) is 4.74 Å². The molecule has 118 valence electrons. The summed E-state index contributed by atoms with van der Waals surface area (Å²) in [5.41, 5.74) is 0.804. The van der Waals surface area contributed by atoms with Crippen molar-refractivity contribution in [3.8, 4) is 5.75 Å². The molecule has 1 rings (SSSR count). The summed E-state index contributed by atoms with van der Waals surface area (Å²) in [6, 6.07) is 7.29. The van der Waals surface area contributed by atoms with Crippen LogP contribution < -0.4 is 10.1 Å². The maximum absolute atomic E-state index is 12.2. The summed E-state index contributed by atoms with van der Waals surface area (Å²) in [5.74, 6) is 0.761. The molecule has 0 fully saturated rings. The van der Waals surface area contributed by atoms with Crippen LogP contribution >= 0.6 is 15.9 Å². The molecule has 0 unspecified atom stereocenters. The maximum atomic E-state index is 12.2. The lowest BCUT2D eigenvalue weighted by Crippen LogP contribution is -2.38. The van der Waals surface area contributed by atoms with Crippen LogP contribution in [-0.4, -0.2) is 23.9 Å². The molecule has 21 heavy (non-hydrogen) atoms. The van der Waals surface area contributed by atoms with Crippen molar-refractivity contribution >= 4 is 21.8 Å². The molecule has 0 atom stereocenters. The van der Waals surface area contributed by atoms with Crippen LogP contribution in [0, 0.1) is 5.41 Å². The second-order valence-electron chi connectivity index (χ2n) is 5.71. The zero-order valence-corrected chi connectivity index (χ0v) is 15.0. The van der Waals surface area contributed by atoms with E-state index in [1.54, 1.807) is 12.1 Å². The number of carbonyl (C=O) groups is 1. The molecule has 0 heterocycles. The van der Waals surface area contributed by atoms with E-state index in [1.807, 2.05) is 26.0 Å². The van der Waals surface area contributed by atoms with E-state index < -0.39 is 0 Å². The van der Waals surface area contributed by atoms with Crippen LogP contribution in [0.25, 0.3) is 0 Å². The van der Waals surface area contributed by atoms with E-state index in [1.165, 1.54) is 0 Å². The van der Waals surface area contributed by atoms with Gasteiger partial charge in [0.2, 0.25) is 0 Å². The monoisotopic (exact) mass is 355 g/mol. The lowest BCUT2D eigenvalue weighted by molar-refractivity contribution is 0.0932. The third kappa shape index (κ3) is 5.34. The predicted octanol–water partition coefficient (Wildman–Crippen LogP) is 4.40. The lowest BCUT2D eigenvalue weighted by atomic mass is 9.84. The second-order valence-corrected chi connectivity index (χ2v) is 6.28. The van der Waals surface area contributed by atoms with Gasteiger partial charge in [-0.05, 0) is 56.4 Å². The number of hydrogen-bond acceptors (Lipinski definition) is 2. The molecule has 0 aliphatic carbocycles. The van der Waals surface area contributed by atoms with E-state index in [9.17, 15) is 4.79 Å². The van der Waals surface area contributed by atoms with Gasteiger partial charge in [-0.1, -0.05) is 29.8 Å². The van der Waals surface area contributed by atoms with Crippen molar-refractivity contribution in [1.82, 2.24) is 5.32 Å². The highest BCUT2D eigenvalue weighted by atomic mass is 79.9. The third-order valence-corrected chi connectivity index (χ3v) is 5.09. The first-order valence-corrected chi connectivity index (χ1v) is 8.69. The van der Waals surface area contributed by atoms with Gasteiger partial charge in [0.25, 0.3) is 5.91 Å². The van der Waals surface area contributed by atoms with Crippen molar-refractivity contribution in [2.75, 3.05) is 11.9 Å². The van der Waals surface area contributed by atoms with Gasteiger partial charge >= 0.3 is 0 Å². The van der Waals surface area contributed by atoms with Gasteiger partial charge in [-0.2, -0.15) is 0 Å². The number of rotatable bonds is 8. The Morgan fingerprint density at radius 2 is 1.81 bits per heavy atom. The topological polar surface area (TPSA) is 38.3 Å². The van der Waals surface area contributed by atoms with Crippen molar-refractivity contribution in [1.29, 1.82) is 0 Å². The lowest BCUT2D eigenvalue weighted by Gasteiger charge is -2.29. The minimum absolute atomic E-state index is 0.0293. The first-order chi connectivity index (χ1) is 9.96. The van der Waals surface area contributed by atoms with E-state index in [2.05, 4.69) is 35.1 Å². The van der Waals surface area contributed by atoms with Gasteiger partial charge in [0, 0.05) is 17.4 Å². The van der Waals surface area contributed by atoms with Crippen molar-refractivity contribution in [2.45, 2.75) is 46.6 Å². The molecule has 0 aliphatic rings. The van der Waals surface area contributed by atoms with Gasteiger partial charge in [0.15, 0.2) is 0 Å². The van der Waals surface area contributed by atoms with Crippen LogP contribution in [0.2, 0.25) is 0 Å². The minimum atomic E-state index is -0.0293. The van der Waals surface area contributed by atoms with Gasteiger partial charge < -0.3 is 10.1 Å². The molecular weight excluding hydrogens is 330 g/mol. The average Bonchev–Trinajstić information content (AvgIpc) is 2.49. The molecule has 0 aliphatic heterocycles. The molecule has 3 nitrogen and oxygen atoms in total. The molecule has 0 radical (unpaired) electrons. The SMILES string of the molecule is CCC(CC)(CBr)CNC(=O)c1ccc(OC(C)C)cc1. The Kier molecular flexibility index (Phi) is 7.23. The number of carbonyl (C=O) groups excluding carboxylic acids is 1. The highest BCUT2D eigenvalue weighted by molar-refractivity contribution is 9.09. The van der Waals surface area contributed by atoms with Crippen LogP contribution in [0.1, 0.15) is 50.9 Å². The molecule has 0 spiro atoms. The molecule has 1 aromatic carbocycles. The summed E-state index contributed by atoms with van der Waals surface area (Å²) >= 11 is 3.56. The van der Waals surface area contributed by atoms with E-state index in [0.717, 1.165) is 23.9 Å². The van der Waals surface area contributed by atoms with Crippen LogP contribution in [0.3, 0.4) is 0 Å². The van der Waals surface area contributed by atoms with Gasteiger partial charge in [-0.25, -0.2) is 0 Å². The van der Waals surface area contributed by atoms with Crippen LogP contribution in [0.4, 0.5) is 0 Å². The van der Waals surface area contributed by atoms with E-state index in [0.29, 0.717) is 12.1 Å². The number of amides is 1. The minimum Gasteiger partial charge on any atom is -0.491 e. The molecule has 0 bridgehead atoms. The van der Waals surface area contributed by atoms with Gasteiger partial charge in [-0.15, -0.1) is 0 Å². The van der Waals surface area contributed by atoms with E-state index in [-0.39, 0.29) is 17.4 Å². The van der Waals surface area contributed by atoms with Gasteiger partial charge in [-0.3, -0.25) is 4.79 Å². The second kappa shape index (κ2) is 8.42. The largest absolute Gasteiger partial charge is 0.491 e. The first-order valence-electron chi connectivity index (χ1n) is 7.57. The van der Waals surface area contributed by atoms with Crippen LogP contribution in [-0.2, 0) is 0 Å². The van der Waals surface area contributed by atoms with E-state index >= 15 is 0 Å². The van der Waals surface area contributed by atoms with Crippen LogP contribution in [0.15, 0.2) is 24.3 Å². The number of halogens is 1. The summed E-state index contributed by atoms with van der Waals surface area (Å²) in [7, 11) is 0. The molecule has 1 N–H and O–H groups in total. The molecule has 0 saturated carbocycles. The maximum Gasteiger partial charge on any atom is 0.251 e. The average molecular weight is 356 g/mol. The first kappa shape index (κ1) is 18.0. The third-order valence-electron chi connectivity index (χ3n) is 3.90. The van der Waals surface area contributed by atoms with Crippen molar-refractivity contribution in [2.24, 2.45) is 5.41 Å². The fraction of sp³-hybridized carbons (Fsp3) is 0.588. The Morgan fingerprint density at radius 1 is 1.24 bits per heavy atom. The Bertz CT molecular complexity index is 430. The summed E-state index contributed by atoms with van der Waals surface area (Å²) in [6.45, 7) is 8.98. The Balaban J connectivity index is 2.63. The zero-order valence-electron chi connectivity index (χ0n) is 13.4. The molecule has 0 aromatic heterocycles. The molecular formula is C17H26BrNO2. The summed E-state index contributed by atoms with van der Waals surface area (Å²) in [4.78, 5) is 12.2. The normalized spacial score (nSPS) is 11.5. The number of hydrogen-bond donors (Lipinski definition) is 1. The van der Waals surface area contributed by atoms with Gasteiger partial charge in [0.05, 0.1) is 6.10 Å². The molecule has 1 amide bonds. The molecule has 0 saturated heterocycles. The quantitative estimate of drug-likeness (QED) is 0.701. The zero-order chi connectivity index (χ0) is 15.9. The summed E-state index contributed by atoms with van der Waals surface area (Å²) in [6.07, 6.45) is 2.21. The smallest absolute Gasteiger partial charge is 0.251 e. The van der Waals surface area contributed by atoms with Gasteiger partial charge in [0.1, 0.15) is 5.75 Å². The van der Waals surface area contributed by atoms with Crippen molar-refractivity contribution < 1.29 is 9.53 Å². The predicted molar refractivity (Wildman–Crippen MR) is 91.3 cm³/mol. The number of alkyl halides is 1. The highest BCUT2D eigenvalue weighted by Gasteiger charge is 2.25. The Labute approximate surface area is 136 Å². The number of ether oxygens (including phenoxy) is 1. The van der Waals surface area contributed by atoms with Crippen molar-refractivity contribution in [3.63, 3.8) is 0 Å². The fourth-order valence-corrected chi connectivity index (χ4v) is 3.05. The standard InChI is InChI=1S/C17H26BrNO2/c1-5-17(6-2,11-18)12-19-16(20)14-7-9-15(10-8-14)21-13(3)4/h7-10,13H,5-6,11-12H2,1-4H3,(H,19,20). The molecule has 4 heteroatoms. The number of benzene rings is 1. The highest BCUT2D eigenvalue weighted by Crippen LogP contribution is 2.27. The Hall–Kier alpha value is -1.03. The molecule has 1 aromatic rings. The van der Waals surface area contributed by atoms with Crippen molar-refractivity contribution in [3.05, 3.63) is 29.8 Å². The fourth-order valence-electron chi connectivity index (χ4n) is 2.06. The number of nitrogens with one attached hydrogen (secondary N) is 1. The summed E-state index contributed by atoms with van der Waals surface area (Å²) < 4.78 is 5.58. The Morgan fingerprint density at radius 3 is 2.24 bits per heavy atom. The summed E-state index contributed by atoms with van der Waals surface area (Å²) in [5, 5.41) is 3.94.